The summed E-state index contributed by atoms with van der Waals surface area (Å²) in [6, 6.07) is 15.8. The van der Waals surface area contributed by atoms with E-state index in [4.69, 9.17) is 32.7 Å². The van der Waals surface area contributed by atoms with E-state index in [9.17, 15) is 14.4 Å². The zero-order valence-corrected chi connectivity index (χ0v) is 21.9. The highest BCUT2D eigenvalue weighted by Crippen LogP contribution is 2.54. The molecule has 2 saturated heterocycles. The summed E-state index contributed by atoms with van der Waals surface area (Å²) in [5, 5.41) is 0.595. The smallest absolute Gasteiger partial charge is 0.240 e. The van der Waals surface area contributed by atoms with E-state index in [2.05, 4.69) is 0 Å². The molecule has 7 nitrogen and oxygen atoms in total. The lowest BCUT2D eigenvalue weighted by molar-refractivity contribution is -0.123. The Morgan fingerprint density at radius 1 is 0.868 bits per heavy atom. The minimum absolute atomic E-state index is 0.271. The number of anilines is 1. The number of halogens is 2. The van der Waals surface area contributed by atoms with Gasteiger partial charge in [-0.1, -0.05) is 47.5 Å². The summed E-state index contributed by atoms with van der Waals surface area (Å²) in [4.78, 5) is 45.3. The summed E-state index contributed by atoms with van der Waals surface area (Å²) >= 11 is 12.4. The Morgan fingerprint density at radius 3 is 2.29 bits per heavy atom. The highest BCUT2D eigenvalue weighted by Gasteiger charge is 2.64. The van der Waals surface area contributed by atoms with Gasteiger partial charge in [0, 0.05) is 16.2 Å². The van der Waals surface area contributed by atoms with Crippen LogP contribution in [-0.4, -0.2) is 42.8 Å². The molecule has 0 N–H and O–H groups in total. The predicted molar refractivity (Wildman–Crippen MR) is 144 cm³/mol. The number of methoxy groups -OCH3 is 2. The third-order valence-electron chi connectivity index (χ3n) is 7.51. The average Bonchev–Trinajstić information content (AvgIpc) is 3.39. The number of fused-ring (bicyclic) bond motifs is 5. The Hall–Kier alpha value is -3.81. The average molecular weight is 549 g/mol. The molecule has 3 heterocycles. The van der Waals surface area contributed by atoms with Crippen molar-refractivity contribution in [2.75, 3.05) is 19.1 Å². The summed E-state index contributed by atoms with van der Waals surface area (Å²) in [5.41, 5.74) is 2.37. The first-order chi connectivity index (χ1) is 18.3. The number of rotatable bonds is 5. The molecule has 0 bridgehead atoms. The second kappa shape index (κ2) is 9.19. The molecule has 0 aliphatic carbocycles. The minimum atomic E-state index is -0.952. The number of benzene rings is 3. The molecular weight excluding hydrogens is 527 g/mol. The molecule has 0 radical (unpaired) electrons. The van der Waals surface area contributed by atoms with Crippen LogP contribution < -0.4 is 14.4 Å². The van der Waals surface area contributed by atoms with Crippen LogP contribution in [0.2, 0.25) is 10.0 Å². The molecule has 6 rings (SSSR count). The van der Waals surface area contributed by atoms with Gasteiger partial charge in [0.05, 0.1) is 43.3 Å². The standard InChI is InChI=1S/C29H22Cl2N2O5/c1-37-19-7-8-22(38-2)21(14-19)27(34)26-24-23(25-20-6-4-3-5-15(20)9-10-32(25)26)28(35)33(29(24)36)18-12-16(30)11-17(31)13-18/h3-14,23-26H,1-2H3/t23-,24-,25+,26+/m1/s1. The molecule has 2 amide bonds. The molecule has 192 valence electrons. The van der Waals surface area contributed by atoms with Gasteiger partial charge in [-0.3, -0.25) is 14.4 Å². The van der Waals surface area contributed by atoms with Crippen molar-refractivity contribution in [3.05, 3.63) is 93.6 Å². The van der Waals surface area contributed by atoms with Crippen molar-refractivity contribution in [3.8, 4) is 11.5 Å². The highest BCUT2D eigenvalue weighted by molar-refractivity contribution is 6.36. The minimum Gasteiger partial charge on any atom is -0.497 e. The predicted octanol–water partition coefficient (Wildman–Crippen LogP) is 5.41. The molecule has 3 aromatic carbocycles. The van der Waals surface area contributed by atoms with Crippen LogP contribution in [0.4, 0.5) is 5.69 Å². The maximum absolute atomic E-state index is 14.3. The van der Waals surface area contributed by atoms with Gasteiger partial charge >= 0.3 is 0 Å². The van der Waals surface area contributed by atoms with Gasteiger partial charge in [-0.15, -0.1) is 0 Å². The number of amides is 2. The van der Waals surface area contributed by atoms with Gasteiger partial charge in [0.2, 0.25) is 11.8 Å². The van der Waals surface area contributed by atoms with Crippen LogP contribution in [0, 0.1) is 11.8 Å². The van der Waals surface area contributed by atoms with Crippen LogP contribution in [0.25, 0.3) is 6.08 Å². The molecular formula is C29H22Cl2N2O5. The van der Waals surface area contributed by atoms with Gasteiger partial charge in [-0.25, -0.2) is 4.90 Å². The number of carbonyl (C=O) groups is 3. The van der Waals surface area contributed by atoms with Crippen LogP contribution >= 0.6 is 23.2 Å². The van der Waals surface area contributed by atoms with E-state index in [0.29, 0.717) is 21.5 Å². The maximum Gasteiger partial charge on any atom is 0.240 e. The van der Waals surface area contributed by atoms with Gasteiger partial charge in [-0.2, -0.15) is 0 Å². The first kappa shape index (κ1) is 24.5. The molecule has 3 aromatic rings. The lowest BCUT2D eigenvalue weighted by atomic mass is 9.83. The lowest BCUT2D eigenvalue weighted by Crippen LogP contribution is -2.44. The van der Waals surface area contributed by atoms with Crippen LogP contribution in [-0.2, 0) is 9.59 Å². The van der Waals surface area contributed by atoms with E-state index >= 15 is 0 Å². The fourth-order valence-electron chi connectivity index (χ4n) is 5.95. The number of ketones is 1. The molecule has 0 unspecified atom stereocenters. The van der Waals surface area contributed by atoms with Gasteiger partial charge in [0.15, 0.2) is 5.78 Å². The number of hydrogen-bond acceptors (Lipinski definition) is 6. The molecule has 0 aromatic heterocycles. The third-order valence-corrected chi connectivity index (χ3v) is 7.94. The quantitative estimate of drug-likeness (QED) is 0.313. The van der Waals surface area contributed by atoms with Crippen molar-refractivity contribution in [2.24, 2.45) is 11.8 Å². The fraction of sp³-hybridized carbons (Fsp3) is 0.207. The van der Waals surface area contributed by atoms with Gasteiger partial charge < -0.3 is 14.4 Å². The van der Waals surface area contributed by atoms with E-state index < -0.39 is 35.7 Å². The van der Waals surface area contributed by atoms with Crippen LogP contribution in [0.3, 0.4) is 0 Å². The number of imide groups is 1. The zero-order valence-electron chi connectivity index (χ0n) is 20.4. The Labute approximate surface area is 229 Å². The van der Waals surface area contributed by atoms with Crippen LogP contribution in [0.15, 0.2) is 66.9 Å². The lowest BCUT2D eigenvalue weighted by Gasteiger charge is -2.35. The van der Waals surface area contributed by atoms with Gasteiger partial charge in [-0.05, 0) is 53.6 Å². The molecule has 0 saturated carbocycles. The molecule has 3 aliphatic heterocycles. The molecule has 4 atom stereocenters. The SMILES string of the molecule is COc1ccc(OC)c(C(=O)[C@@H]2[C@@H]3C(=O)N(c4cc(Cl)cc(Cl)c4)C(=O)[C@H]3[C@@H]3c4ccccc4C=CN23)c1. The van der Waals surface area contributed by atoms with E-state index in [-0.39, 0.29) is 17.0 Å². The number of hydrogen-bond donors (Lipinski definition) is 0. The van der Waals surface area contributed by atoms with Gasteiger partial charge in [0.25, 0.3) is 0 Å². The first-order valence-corrected chi connectivity index (χ1v) is 12.7. The van der Waals surface area contributed by atoms with Gasteiger partial charge in [0.1, 0.15) is 17.5 Å². The van der Waals surface area contributed by atoms with Crippen molar-refractivity contribution in [1.82, 2.24) is 4.90 Å². The summed E-state index contributed by atoms with van der Waals surface area (Å²) in [7, 11) is 2.99. The van der Waals surface area contributed by atoms with Crippen molar-refractivity contribution in [3.63, 3.8) is 0 Å². The van der Waals surface area contributed by atoms with Crippen molar-refractivity contribution >= 4 is 52.6 Å². The second-order valence-electron chi connectivity index (χ2n) is 9.40. The number of Topliss-reactive ketones (excluding diaryl/α,β-unsaturated/α-hetero) is 1. The summed E-state index contributed by atoms with van der Waals surface area (Å²) in [6.45, 7) is 0. The Bertz CT molecular complexity index is 1520. The molecule has 0 spiro atoms. The van der Waals surface area contributed by atoms with Crippen molar-refractivity contribution in [2.45, 2.75) is 12.1 Å². The first-order valence-electron chi connectivity index (χ1n) is 12.0. The largest absolute Gasteiger partial charge is 0.497 e. The zero-order chi connectivity index (χ0) is 26.7. The van der Waals surface area contributed by atoms with Crippen molar-refractivity contribution in [1.29, 1.82) is 0 Å². The number of ether oxygens (including phenoxy) is 2. The molecule has 3 aliphatic rings. The van der Waals surface area contributed by atoms with E-state index in [1.165, 1.54) is 32.4 Å². The van der Waals surface area contributed by atoms with E-state index in [0.717, 1.165) is 16.0 Å². The Kier molecular flexibility index (Phi) is 5.93. The Morgan fingerprint density at radius 2 is 1.58 bits per heavy atom. The summed E-state index contributed by atoms with van der Waals surface area (Å²) in [6.07, 6.45) is 3.71. The van der Waals surface area contributed by atoms with Crippen LogP contribution in [0.1, 0.15) is 27.5 Å². The molecule has 2 fully saturated rings. The normalized spacial score (nSPS) is 23.3. The second-order valence-corrected chi connectivity index (χ2v) is 10.3. The maximum atomic E-state index is 14.3. The number of carbonyl (C=O) groups excluding carboxylic acids is 3. The topological polar surface area (TPSA) is 76.1 Å². The monoisotopic (exact) mass is 548 g/mol. The van der Waals surface area contributed by atoms with Crippen LogP contribution in [0.5, 0.6) is 11.5 Å². The Balaban J connectivity index is 1.52. The summed E-state index contributed by atoms with van der Waals surface area (Å²) in [5.74, 6) is -2.11. The highest BCUT2D eigenvalue weighted by atomic mass is 35.5. The van der Waals surface area contributed by atoms with E-state index in [1.54, 1.807) is 18.2 Å². The fourth-order valence-corrected chi connectivity index (χ4v) is 6.46. The van der Waals surface area contributed by atoms with Crippen molar-refractivity contribution < 1.29 is 23.9 Å². The molecule has 9 heteroatoms. The van der Waals surface area contributed by atoms with E-state index in [1.807, 2.05) is 41.4 Å². The summed E-state index contributed by atoms with van der Waals surface area (Å²) < 4.78 is 10.8. The molecule has 38 heavy (non-hydrogen) atoms. The number of nitrogens with zero attached hydrogens (tertiary/aromatic N) is 2. The third kappa shape index (κ3) is 3.61.